The van der Waals surface area contributed by atoms with E-state index in [1.54, 1.807) is 18.2 Å². The normalized spacial score (nSPS) is 13.5. The maximum absolute atomic E-state index is 5.93. The topological polar surface area (TPSA) is 0 Å². The Balaban J connectivity index is 2.93. The number of hydrogen-bond donors (Lipinski definition) is 0. The van der Waals surface area contributed by atoms with Gasteiger partial charge in [-0.3, -0.25) is 0 Å². The Morgan fingerprint density at radius 1 is 1.31 bits per heavy atom. The van der Waals surface area contributed by atoms with Gasteiger partial charge in [0.05, 0.1) is 0 Å². The summed E-state index contributed by atoms with van der Waals surface area (Å²) in [7, 11) is 0. The van der Waals surface area contributed by atoms with Crippen LogP contribution >= 0.6 is 34.8 Å². The second kappa shape index (κ2) is 4.90. The van der Waals surface area contributed by atoms with E-state index in [0.29, 0.717) is 10.0 Å². The number of rotatable bonds is 2. The van der Waals surface area contributed by atoms with E-state index in [-0.39, 0.29) is 5.38 Å². The third-order valence-corrected chi connectivity index (χ3v) is 2.22. The van der Waals surface area contributed by atoms with E-state index in [1.165, 1.54) is 0 Å². The molecule has 0 aliphatic carbocycles. The van der Waals surface area contributed by atoms with Crippen LogP contribution in [0, 0.1) is 0 Å². The van der Waals surface area contributed by atoms with Crippen LogP contribution in [0.4, 0.5) is 0 Å². The average Bonchev–Trinajstić information content (AvgIpc) is 2.06. The largest absolute Gasteiger partial charge is 0.119 e. The number of halogens is 3. The van der Waals surface area contributed by atoms with Crippen LogP contribution in [0.25, 0.3) is 6.08 Å². The van der Waals surface area contributed by atoms with Crippen molar-refractivity contribution in [2.75, 3.05) is 0 Å². The van der Waals surface area contributed by atoms with E-state index in [1.807, 2.05) is 19.1 Å². The first kappa shape index (κ1) is 10.9. The van der Waals surface area contributed by atoms with Crippen LogP contribution in [0.2, 0.25) is 10.0 Å². The summed E-state index contributed by atoms with van der Waals surface area (Å²) in [6.07, 6.45) is 3.73. The van der Waals surface area contributed by atoms with Gasteiger partial charge in [0.15, 0.2) is 0 Å². The first-order chi connectivity index (χ1) is 6.09. The Labute approximate surface area is 93.1 Å². The lowest BCUT2D eigenvalue weighted by Gasteiger charge is -1.99. The SMILES string of the molecule is CC(Cl)/C=C/c1cc(Cl)ccc1Cl. The molecule has 0 nitrogen and oxygen atoms in total. The smallest absolute Gasteiger partial charge is 0.0491 e. The van der Waals surface area contributed by atoms with Crippen molar-refractivity contribution in [1.82, 2.24) is 0 Å². The summed E-state index contributed by atoms with van der Waals surface area (Å²) in [6, 6.07) is 5.33. The average molecular weight is 236 g/mol. The third-order valence-electron chi connectivity index (χ3n) is 1.50. The molecule has 0 saturated carbocycles. The highest BCUT2D eigenvalue weighted by atomic mass is 35.5. The van der Waals surface area contributed by atoms with Crippen molar-refractivity contribution in [3.8, 4) is 0 Å². The van der Waals surface area contributed by atoms with Gasteiger partial charge in [0, 0.05) is 15.4 Å². The molecule has 70 valence electrons. The standard InChI is InChI=1S/C10H9Cl3/c1-7(11)2-3-8-6-9(12)4-5-10(8)13/h2-7H,1H3/b3-2+. The zero-order chi connectivity index (χ0) is 9.84. The number of alkyl halides is 1. The van der Waals surface area contributed by atoms with Gasteiger partial charge in [-0.2, -0.15) is 0 Å². The highest BCUT2D eigenvalue weighted by molar-refractivity contribution is 6.34. The molecule has 0 amide bonds. The minimum absolute atomic E-state index is 0.00458. The minimum atomic E-state index is -0.00458. The Kier molecular flexibility index (Phi) is 4.11. The van der Waals surface area contributed by atoms with Crippen LogP contribution in [0.1, 0.15) is 12.5 Å². The van der Waals surface area contributed by atoms with E-state index in [2.05, 4.69) is 0 Å². The molecule has 0 radical (unpaired) electrons. The van der Waals surface area contributed by atoms with Crippen LogP contribution in [0.5, 0.6) is 0 Å². The molecule has 1 aromatic rings. The van der Waals surface area contributed by atoms with Gasteiger partial charge in [0.1, 0.15) is 0 Å². The van der Waals surface area contributed by atoms with Gasteiger partial charge in [-0.15, -0.1) is 11.6 Å². The van der Waals surface area contributed by atoms with Gasteiger partial charge >= 0.3 is 0 Å². The Morgan fingerprint density at radius 2 is 2.00 bits per heavy atom. The summed E-state index contributed by atoms with van der Waals surface area (Å²) >= 11 is 17.5. The molecule has 0 spiro atoms. The number of benzene rings is 1. The fraction of sp³-hybridized carbons (Fsp3) is 0.200. The lowest BCUT2D eigenvalue weighted by atomic mass is 10.2. The number of allylic oxidation sites excluding steroid dienone is 1. The van der Waals surface area contributed by atoms with Crippen LogP contribution < -0.4 is 0 Å². The molecule has 1 rings (SSSR count). The second-order valence-corrected chi connectivity index (χ2v) is 4.23. The van der Waals surface area contributed by atoms with E-state index in [0.717, 1.165) is 5.56 Å². The van der Waals surface area contributed by atoms with Crippen LogP contribution in [-0.2, 0) is 0 Å². The lowest BCUT2D eigenvalue weighted by Crippen LogP contribution is -1.81. The Morgan fingerprint density at radius 3 is 2.62 bits per heavy atom. The van der Waals surface area contributed by atoms with Crippen molar-refractivity contribution in [3.63, 3.8) is 0 Å². The Hall–Kier alpha value is -0.170. The molecule has 0 bridgehead atoms. The summed E-state index contributed by atoms with van der Waals surface area (Å²) < 4.78 is 0. The molecule has 3 heteroatoms. The maximum atomic E-state index is 5.93. The molecule has 0 N–H and O–H groups in total. The van der Waals surface area contributed by atoms with Crippen molar-refractivity contribution >= 4 is 40.9 Å². The van der Waals surface area contributed by atoms with Gasteiger partial charge in [0.25, 0.3) is 0 Å². The molecule has 0 aromatic heterocycles. The molecule has 13 heavy (non-hydrogen) atoms. The third kappa shape index (κ3) is 3.60. The van der Waals surface area contributed by atoms with E-state index < -0.39 is 0 Å². The molecule has 1 atom stereocenters. The Bertz CT molecular complexity index is 316. The lowest BCUT2D eigenvalue weighted by molar-refractivity contribution is 1.24. The van der Waals surface area contributed by atoms with Crippen molar-refractivity contribution in [2.24, 2.45) is 0 Å². The molecule has 1 unspecified atom stereocenters. The van der Waals surface area contributed by atoms with Gasteiger partial charge in [-0.25, -0.2) is 0 Å². The molecule has 1 aromatic carbocycles. The quantitative estimate of drug-likeness (QED) is 0.656. The summed E-state index contributed by atoms with van der Waals surface area (Å²) in [4.78, 5) is 0. The zero-order valence-electron chi connectivity index (χ0n) is 7.10. The van der Waals surface area contributed by atoms with Crippen molar-refractivity contribution < 1.29 is 0 Å². The van der Waals surface area contributed by atoms with Crippen LogP contribution in [0.15, 0.2) is 24.3 Å². The van der Waals surface area contributed by atoms with Gasteiger partial charge in [-0.1, -0.05) is 35.4 Å². The van der Waals surface area contributed by atoms with Crippen molar-refractivity contribution in [2.45, 2.75) is 12.3 Å². The predicted molar refractivity (Wildman–Crippen MR) is 60.8 cm³/mol. The van der Waals surface area contributed by atoms with E-state index in [4.69, 9.17) is 34.8 Å². The van der Waals surface area contributed by atoms with Crippen LogP contribution in [-0.4, -0.2) is 5.38 Å². The molecular weight excluding hydrogens is 226 g/mol. The highest BCUT2D eigenvalue weighted by Gasteiger charge is 1.97. The van der Waals surface area contributed by atoms with Crippen molar-refractivity contribution in [1.29, 1.82) is 0 Å². The first-order valence-electron chi connectivity index (χ1n) is 3.87. The summed E-state index contributed by atoms with van der Waals surface area (Å²) in [5, 5.41) is 1.35. The second-order valence-electron chi connectivity index (χ2n) is 2.70. The minimum Gasteiger partial charge on any atom is -0.119 e. The molecule has 0 heterocycles. The fourth-order valence-corrected chi connectivity index (χ4v) is 1.31. The predicted octanol–water partition coefficient (Wildman–Crippen LogP) is 4.63. The molecule has 0 aliphatic heterocycles. The highest BCUT2D eigenvalue weighted by Crippen LogP contribution is 2.22. The monoisotopic (exact) mass is 234 g/mol. The van der Waals surface area contributed by atoms with Gasteiger partial charge in [0.2, 0.25) is 0 Å². The fourth-order valence-electron chi connectivity index (χ4n) is 0.879. The van der Waals surface area contributed by atoms with Gasteiger partial charge < -0.3 is 0 Å². The van der Waals surface area contributed by atoms with Crippen molar-refractivity contribution in [3.05, 3.63) is 39.9 Å². The molecule has 0 aliphatic rings. The molecule has 0 fully saturated rings. The molecular formula is C10H9Cl3. The molecule has 0 saturated heterocycles. The zero-order valence-corrected chi connectivity index (χ0v) is 9.37. The first-order valence-corrected chi connectivity index (χ1v) is 5.06. The number of hydrogen-bond acceptors (Lipinski definition) is 0. The maximum Gasteiger partial charge on any atom is 0.0491 e. The summed E-state index contributed by atoms with van der Waals surface area (Å²) in [5.41, 5.74) is 0.890. The van der Waals surface area contributed by atoms with Crippen LogP contribution in [0.3, 0.4) is 0 Å². The summed E-state index contributed by atoms with van der Waals surface area (Å²) in [6.45, 7) is 1.89. The van der Waals surface area contributed by atoms with Gasteiger partial charge in [-0.05, 0) is 30.7 Å². The summed E-state index contributed by atoms with van der Waals surface area (Å²) in [5.74, 6) is 0. The van der Waals surface area contributed by atoms with E-state index >= 15 is 0 Å². The van der Waals surface area contributed by atoms with E-state index in [9.17, 15) is 0 Å².